The number of rotatable bonds is 4. The van der Waals surface area contributed by atoms with E-state index in [4.69, 9.17) is 21.4 Å². The molecular formula is C10H8ClF3O4. The summed E-state index contributed by atoms with van der Waals surface area (Å²) in [5.41, 5.74) is -0.497. The van der Waals surface area contributed by atoms with Gasteiger partial charge >= 0.3 is 12.1 Å². The monoisotopic (exact) mass is 284 g/mol. The third-order valence-corrected chi connectivity index (χ3v) is 2.07. The molecule has 100 valence electrons. The number of methoxy groups -OCH3 is 1. The molecule has 0 aliphatic heterocycles. The molecule has 0 amide bonds. The number of carbonyl (C=O) groups is 1. The zero-order valence-corrected chi connectivity index (χ0v) is 9.80. The number of halogens is 4. The van der Waals surface area contributed by atoms with Crippen LogP contribution in [0.25, 0.3) is 0 Å². The molecule has 0 fully saturated rings. The summed E-state index contributed by atoms with van der Waals surface area (Å²) < 4.78 is 45.3. The Morgan fingerprint density at radius 2 is 2.06 bits per heavy atom. The summed E-state index contributed by atoms with van der Waals surface area (Å²) in [6, 6.07) is 2.15. The van der Waals surface area contributed by atoms with Gasteiger partial charge in [0.15, 0.2) is 18.1 Å². The van der Waals surface area contributed by atoms with E-state index in [-0.39, 0.29) is 10.8 Å². The van der Waals surface area contributed by atoms with Crippen molar-refractivity contribution in [3.8, 4) is 11.5 Å². The molecule has 0 atom stereocenters. The summed E-state index contributed by atoms with van der Waals surface area (Å²) in [5, 5.41) is 8.88. The molecule has 0 aliphatic rings. The maximum absolute atomic E-state index is 12.0. The van der Waals surface area contributed by atoms with Crippen molar-refractivity contribution in [3.05, 3.63) is 22.7 Å². The molecule has 0 aliphatic carbocycles. The SMILES string of the molecule is COc1cc(Cl)cc(C(=O)O)c1OCC(F)(F)F. The van der Waals surface area contributed by atoms with Crippen molar-refractivity contribution in [2.45, 2.75) is 6.18 Å². The Morgan fingerprint density at radius 1 is 1.44 bits per heavy atom. The lowest BCUT2D eigenvalue weighted by atomic mass is 10.2. The molecule has 1 aromatic rings. The lowest BCUT2D eigenvalue weighted by Gasteiger charge is -2.14. The molecule has 8 heteroatoms. The predicted molar refractivity (Wildman–Crippen MR) is 56.5 cm³/mol. The van der Waals surface area contributed by atoms with E-state index < -0.39 is 30.1 Å². The van der Waals surface area contributed by atoms with E-state index in [1.807, 2.05) is 0 Å². The van der Waals surface area contributed by atoms with E-state index in [0.29, 0.717) is 0 Å². The van der Waals surface area contributed by atoms with Gasteiger partial charge in [-0.05, 0) is 6.07 Å². The van der Waals surface area contributed by atoms with Crippen LogP contribution >= 0.6 is 11.6 Å². The zero-order valence-electron chi connectivity index (χ0n) is 9.05. The zero-order chi connectivity index (χ0) is 13.9. The summed E-state index contributed by atoms with van der Waals surface area (Å²) in [4.78, 5) is 10.9. The molecule has 0 unspecified atom stereocenters. The number of hydrogen-bond acceptors (Lipinski definition) is 3. The lowest BCUT2D eigenvalue weighted by Crippen LogP contribution is -2.20. The number of carboxylic acid groups (broad SMARTS) is 1. The molecule has 1 rings (SSSR count). The van der Waals surface area contributed by atoms with Crippen LogP contribution in [0.2, 0.25) is 5.02 Å². The van der Waals surface area contributed by atoms with Gasteiger partial charge in [-0.1, -0.05) is 11.6 Å². The number of benzene rings is 1. The maximum atomic E-state index is 12.0. The molecular weight excluding hydrogens is 277 g/mol. The molecule has 0 heterocycles. The van der Waals surface area contributed by atoms with E-state index in [2.05, 4.69) is 4.74 Å². The van der Waals surface area contributed by atoms with Gasteiger partial charge in [0.25, 0.3) is 0 Å². The molecule has 0 saturated carbocycles. The van der Waals surface area contributed by atoms with Crippen molar-refractivity contribution in [1.82, 2.24) is 0 Å². The first-order valence-electron chi connectivity index (χ1n) is 4.55. The highest BCUT2D eigenvalue weighted by Crippen LogP contribution is 2.35. The van der Waals surface area contributed by atoms with Crippen molar-refractivity contribution < 1.29 is 32.5 Å². The third-order valence-electron chi connectivity index (χ3n) is 1.85. The van der Waals surface area contributed by atoms with Crippen LogP contribution in [0.5, 0.6) is 11.5 Å². The van der Waals surface area contributed by atoms with E-state index in [1.54, 1.807) is 0 Å². The minimum atomic E-state index is -4.58. The quantitative estimate of drug-likeness (QED) is 0.923. The third kappa shape index (κ3) is 3.69. The van der Waals surface area contributed by atoms with Crippen LogP contribution in [0.3, 0.4) is 0 Å². The van der Waals surface area contributed by atoms with Gasteiger partial charge in [0, 0.05) is 11.1 Å². The Morgan fingerprint density at radius 3 is 2.50 bits per heavy atom. The average molecular weight is 285 g/mol. The summed E-state index contributed by atoms with van der Waals surface area (Å²) in [6.07, 6.45) is -4.58. The Bertz CT molecular complexity index is 459. The second-order valence-corrected chi connectivity index (χ2v) is 3.63. The summed E-state index contributed by atoms with van der Waals surface area (Å²) in [7, 11) is 1.16. The largest absolute Gasteiger partial charge is 0.493 e. The molecule has 18 heavy (non-hydrogen) atoms. The Kier molecular flexibility index (Phi) is 4.28. The molecule has 4 nitrogen and oxygen atoms in total. The molecule has 1 N–H and O–H groups in total. The van der Waals surface area contributed by atoms with Gasteiger partial charge < -0.3 is 14.6 Å². The highest BCUT2D eigenvalue weighted by molar-refractivity contribution is 6.31. The molecule has 0 radical (unpaired) electrons. The van der Waals surface area contributed by atoms with Gasteiger partial charge in [-0.3, -0.25) is 0 Å². The van der Waals surface area contributed by atoms with Crippen molar-refractivity contribution >= 4 is 17.6 Å². The maximum Gasteiger partial charge on any atom is 0.422 e. The Labute approximate surface area is 105 Å². The van der Waals surface area contributed by atoms with Crippen LogP contribution in [-0.2, 0) is 0 Å². The van der Waals surface area contributed by atoms with Crippen LogP contribution in [0.4, 0.5) is 13.2 Å². The lowest BCUT2D eigenvalue weighted by molar-refractivity contribution is -0.153. The van der Waals surface area contributed by atoms with Crippen LogP contribution in [0, 0.1) is 0 Å². The second kappa shape index (κ2) is 5.34. The van der Waals surface area contributed by atoms with Gasteiger partial charge in [-0.25, -0.2) is 4.79 Å². The van der Waals surface area contributed by atoms with Crippen molar-refractivity contribution in [2.75, 3.05) is 13.7 Å². The molecule has 0 aromatic heterocycles. The number of hydrogen-bond donors (Lipinski definition) is 1. The normalized spacial score (nSPS) is 11.2. The minimum absolute atomic E-state index is 0.0172. The number of alkyl halides is 3. The van der Waals surface area contributed by atoms with Gasteiger partial charge in [0.1, 0.15) is 5.56 Å². The first-order valence-corrected chi connectivity index (χ1v) is 4.93. The molecule has 0 saturated heterocycles. The second-order valence-electron chi connectivity index (χ2n) is 3.19. The van der Waals surface area contributed by atoms with Gasteiger partial charge in [0.2, 0.25) is 0 Å². The van der Waals surface area contributed by atoms with Crippen LogP contribution in [0.1, 0.15) is 10.4 Å². The van der Waals surface area contributed by atoms with Gasteiger partial charge in [0.05, 0.1) is 7.11 Å². The standard InChI is InChI=1S/C10H8ClF3O4/c1-17-7-3-5(11)2-6(9(15)16)8(7)18-4-10(12,13)14/h2-3H,4H2,1H3,(H,15,16). The highest BCUT2D eigenvalue weighted by Gasteiger charge is 2.30. The fourth-order valence-electron chi connectivity index (χ4n) is 1.18. The van der Waals surface area contributed by atoms with E-state index >= 15 is 0 Å². The molecule has 0 bridgehead atoms. The first-order chi connectivity index (χ1) is 8.24. The van der Waals surface area contributed by atoms with E-state index in [1.165, 1.54) is 6.07 Å². The first kappa shape index (κ1) is 14.4. The molecule has 0 spiro atoms. The fraction of sp³-hybridized carbons (Fsp3) is 0.300. The topological polar surface area (TPSA) is 55.8 Å². The van der Waals surface area contributed by atoms with Crippen LogP contribution < -0.4 is 9.47 Å². The Balaban J connectivity index is 3.17. The van der Waals surface area contributed by atoms with Crippen LogP contribution in [0.15, 0.2) is 12.1 Å². The number of ether oxygens (including phenoxy) is 2. The summed E-state index contributed by atoms with van der Waals surface area (Å²) in [5.74, 6) is -2.15. The average Bonchev–Trinajstić information content (AvgIpc) is 2.24. The van der Waals surface area contributed by atoms with Gasteiger partial charge in [-0.2, -0.15) is 13.2 Å². The van der Waals surface area contributed by atoms with Crippen molar-refractivity contribution in [1.29, 1.82) is 0 Å². The minimum Gasteiger partial charge on any atom is -0.493 e. The number of carboxylic acids is 1. The van der Waals surface area contributed by atoms with Gasteiger partial charge in [-0.15, -0.1) is 0 Å². The van der Waals surface area contributed by atoms with E-state index in [9.17, 15) is 18.0 Å². The van der Waals surface area contributed by atoms with Crippen molar-refractivity contribution in [2.24, 2.45) is 0 Å². The fourth-order valence-corrected chi connectivity index (χ4v) is 1.39. The summed E-state index contributed by atoms with van der Waals surface area (Å²) in [6.45, 7) is -1.62. The van der Waals surface area contributed by atoms with Crippen LogP contribution in [-0.4, -0.2) is 31.0 Å². The van der Waals surface area contributed by atoms with Crippen molar-refractivity contribution in [3.63, 3.8) is 0 Å². The predicted octanol–water partition coefficient (Wildman–Crippen LogP) is 2.99. The van der Waals surface area contributed by atoms with E-state index in [0.717, 1.165) is 13.2 Å². The highest BCUT2D eigenvalue weighted by atomic mass is 35.5. The Hall–Kier alpha value is -1.63. The number of aromatic carboxylic acids is 1. The summed E-state index contributed by atoms with van der Waals surface area (Å²) >= 11 is 5.61. The molecule has 1 aromatic carbocycles. The smallest absolute Gasteiger partial charge is 0.422 e.